The van der Waals surface area contributed by atoms with Crippen LogP contribution in [0.3, 0.4) is 0 Å². The Morgan fingerprint density at radius 1 is 0.604 bits per heavy atom. The minimum absolute atomic E-state index is 0.146. The summed E-state index contributed by atoms with van der Waals surface area (Å²) in [6, 6.07) is -9.56. The Bertz CT molecular complexity index is 3470. The number of hydrogen-bond acceptors (Lipinski definition) is 19. The van der Waals surface area contributed by atoms with Gasteiger partial charge in [0.2, 0.25) is 52.7 Å². The number of carbonyl (C=O) groups excluding carboxylic acids is 12. The van der Waals surface area contributed by atoms with Gasteiger partial charge in [0.25, 0.3) is 11.8 Å². The second-order valence-electron chi connectivity index (χ2n) is 25.8. The number of nitrogens with one attached hydrogen (secondary N) is 4. The summed E-state index contributed by atoms with van der Waals surface area (Å²) in [6.45, 7) is 18.1. The van der Waals surface area contributed by atoms with Gasteiger partial charge in [-0.15, -0.1) is 0 Å². The van der Waals surface area contributed by atoms with Crippen LogP contribution in [0.4, 0.5) is 11.4 Å². The summed E-state index contributed by atoms with van der Waals surface area (Å²) in [5.41, 5.74) is 9.36. The maximum Gasteiger partial charge on any atom is 0.329 e. The van der Waals surface area contributed by atoms with E-state index in [1.165, 1.54) is 74.6 Å². The summed E-state index contributed by atoms with van der Waals surface area (Å²) in [4.78, 5) is 200. The number of benzene rings is 2. The largest absolute Gasteiger partial charge is 0.458 e. The van der Waals surface area contributed by atoms with E-state index >= 15 is 9.59 Å². The number of amides is 10. The van der Waals surface area contributed by atoms with Crippen molar-refractivity contribution in [3.63, 3.8) is 0 Å². The van der Waals surface area contributed by atoms with Crippen molar-refractivity contribution < 1.29 is 71.4 Å². The monoisotopic (exact) mass is 1270 g/mol. The van der Waals surface area contributed by atoms with Gasteiger partial charge >= 0.3 is 11.9 Å². The lowest BCUT2D eigenvalue weighted by Crippen LogP contribution is -2.61. The van der Waals surface area contributed by atoms with E-state index in [1.807, 2.05) is 0 Å². The molecule has 5 heterocycles. The van der Waals surface area contributed by atoms with Crippen molar-refractivity contribution >= 4 is 93.5 Å². The highest BCUT2D eigenvalue weighted by Crippen LogP contribution is 2.37. The number of ether oxygens (including phenoxy) is 2. The van der Waals surface area contributed by atoms with E-state index in [1.54, 1.807) is 62.3 Å². The van der Waals surface area contributed by atoms with Gasteiger partial charge in [-0.25, -0.2) is 14.6 Å². The summed E-state index contributed by atoms with van der Waals surface area (Å²) in [7, 11) is 5.56. The first-order valence-corrected chi connectivity index (χ1v) is 30.7. The van der Waals surface area contributed by atoms with Gasteiger partial charge in [0.1, 0.15) is 71.8 Å². The Labute approximate surface area is 527 Å². The topological polar surface area (TPSA) is 386 Å². The van der Waals surface area contributed by atoms with Gasteiger partial charge in [0, 0.05) is 52.5 Å². The first kappa shape index (κ1) is 69.6. The number of nitrogen functional groups attached to an aromatic ring is 2. The third-order valence-electron chi connectivity index (χ3n) is 17.6. The molecule has 0 aromatic heterocycles. The number of cyclic esters (lactones) is 2. The molecular weight excluding hydrogens is 1180 g/mol. The minimum atomic E-state index is -1.91. The summed E-state index contributed by atoms with van der Waals surface area (Å²) < 4.78 is 18.3. The molecule has 0 radical (unpaired) electrons. The van der Waals surface area contributed by atoms with Crippen LogP contribution in [-0.2, 0) is 57.4 Å². The zero-order valence-corrected chi connectivity index (χ0v) is 54.6. The fourth-order valence-corrected chi connectivity index (χ4v) is 12.5. The number of rotatable bonds is 8. The average Bonchev–Trinajstić information content (AvgIpc) is 1.32. The van der Waals surface area contributed by atoms with Gasteiger partial charge in [-0.3, -0.25) is 52.7 Å². The van der Waals surface area contributed by atoms with Gasteiger partial charge in [0.05, 0.1) is 29.9 Å². The van der Waals surface area contributed by atoms with Gasteiger partial charge < -0.3 is 76.0 Å². The molecule has 4 fully saturated rings. The van der Waals surface area contributed by atoms with Crippen LogP contribution in [-0.4, -0.2) is 220 Å². The highest BCUT2D eigenvalue weighted by Gasteiger charge is 2.47. The summed E-state index contributed by atoms with van der Waals surface area (Å²) >= 11 is 0. The number of aromatic nitrogens is 1. The molecule has 29 nitrogen and oxygen atoms in total. The molecule has 1 aromatic rings. The standard InChI is InChI=1S/C62H87N13O16/c1-26(2)42-59(85)74-21-17-19-35(74)57(83)70(13)24-37(76)72(15)48(28(5)6)61(87)89-32(11)44(55(81)66-42)68-53(79)39-34(63)23-30(9)51-46(39)65-47-40(41(64)50(78)31(10)52(47)91-51)54(80)69-45-33(12)90-62(88)49(29(7)8)73(16)38(77)25-71(14)58(84)36-20-18-22-75(36)60(86)43(27(3)4)67-56(45)82/h23,26-29,32-33,35-36,42-45,48-49H,17-22,24-25,63-64H2,1-16H3,(H,66,81)(H,67,82)(H,68,79)(H,69,80)/t32-,33-,35+,36+,42-,43+,44-,45+,48+,49-/m1/s1. The smallest absolute Gasteiger partial charge is 0.329 e. The van der Waals surface area contributed by atoms with Crippen molar-refractivity contribution in [2.75, 3.05) is 65.8 Å². The summed E-state index contributed by atoms with van der Waals surface area (Å²) in [5.74, 6) is -12.8. The second-order valence-corrected chi connectivity index (χ2v) is 25.8. The number of hydrogen-bond donors (Lipinski definition) is 6. The first-order valence-electron chi connectivity index (χ1n) is 30.7. The Morgan fingerprint density at radius 2 is 1.01 bits per heavy atom. The number of nitrogens with zero attached hydrogens (tertiary/aromatic N) is 7. The molecule has 1 aliphatic carbocycles. The average molecular weight is 1270 g/mol. The van der Waals surface area contributed by atoms with E-state index < -0.39 is 196 Å². The van der Waals surface area contributed by atoms with Gasteiger partial charge in [-0.1, -0.05) is 55.4 Å². The van der Waals surface area contributed by atoms with Gasteiger partial charge in [-0.05, 0) is 88.7 Å². The van der Waals surface area contributed by atoms with Crippen LogP contribution in [0.5, 0.6) is 0 Å². The van der Waals surface area contributed by atoms with Crippen molar-refractivity contribution in [2.45, 2.75) is 169 Å². The highest BCUT2D eigenvalue weighted by atomic mass is 16.6. The van der Waals surface area contributed by atoms with Crippen LogP contribution in [0.1, 0.15) is 127 Å². The number of carbonyl (C=O) groups is 12. The van der Waals surface area contributed by atoms with Crippen LogP contribution in [0, 0.1) is 37.5 Å². The van der Waals surface area contributed by atoms with Gasteiger partial charge in [0.15, 0.2) is 11.3 Å². The number of fused-ring (bicyclic) bond motifs is 4. The maximum atomic E-state index is 15.2. The summed E-state index contributed by atoms with van der Waals surface area (Å²) in [6.07, 6.45) is -1.75. The quantitative estimate of drug-likeness (QED) is 0.100. The highest BCUT2D eigenvalue weighted by molar-refractivity contribution is 6.13. The van der Waals surface area contributed by atoms with Crippen molar-refractivity contribution in [1.29, 1.82) is 0 Å². The van der Waals surface area contributed by atoms with Crippen molar-refractivity contribution in [3.8, 4) is 11.5 Å². The van der Waals surface area contributed by atoms with Crippen LogP contribution in [0.15, 0.2) is 15.3 Å². The number of anilines is 2. The number of nitrogens with two attached hydrogens (primary N) is 2. The molecule has 6 aliphatic rings. The molecule has 0 saturated carbocycles. The zero-order chi connectivity index (χ0) is 67.8. The molecule has 10 amide bonds. The van der Waals surface area contributed by atoms with E-state index in [9.17, 15) is 52.7 Å². The predicted octanol–water partition coefficient (Wildman–Crippen LogP) is 0.308. The van der Waals surface area contributed by atoms with E-state index in [0.717, 1.165) is 9.80 Å². The lowest BCUT2D eigenvalue weighted by molar-refractivity contribution is -0.163. The lowest BCUT2D eigenvalue weighted by atomic mass is 9.98. The van der Waals surface area contributed by atoms with Gasteiger partial charge in [-0.2, -0.15) is 0 Å². The molecule has 7 rings (SSSR count). The molecular formula is C62H87N13O16. The van der Waals surface area contributed by atoms with Crippen LogP contribution in [0.25, 0.3) is 22.6 Å². The van der Waals surface area contributed by atoms with Crippen LogP contribution >= 0.6 is 0 Å². The molecule has 496 valence electrons. The zero-order valence-electron chi connectivity index (χ0n) is 54.6. The molecule has 4 saturated heterocycles. The van der Waals surface area contributed by atoms with Crippen molar-refractivity contribution in [1.82, 2.24) is 55.7 Å². The Balaban J connectivity index is 1.34. The minimum Gasteiger partial charge on any atom is -0.458 e. The lowest BCUT2D eigenvalue weighted by Gasteiger charge is -2.36. The van der Waals surface area contributed by atoms with Crippen molar-refractivity contribution in [2.24, 2.45) is 23.7 Å². The Kier molecular flexibility index (Phi) is 21.1. The molecule has 0 unspecified atom stereocenters. The molecule has 1 aromatic carbocycles. The van der Waals surface area contributed by atoms with E-state index in [-0.39, 0.29) is 59.6 Å². The SMILES string of the molecule is Cc1c2oc3c(C)cc(N)c(C(=O)N[C@H]4C(=O)N[C@H](C(C)C)C(=O)N5CCC[C@H]5C(=O)N(C)CC(=O)N(C)[C@@H](C(C)C)C(=O)O[C@@H]4C)c3nc-2c(C(=O)N[C@@H]2C(=O)N[C@@H](C(C)C)C(=O)N3CCC[C@H]3C(=O)N(C)CC(=O)N(C)[C@H](C(C)C)C(=O)O[C@@H]2C)c(N)c1=O. The van der Waals surface area contributed by atoms with E-state index in [0.29, 0.717) is 12.8 Å². The van der Waals surface area contributed by atoms with Crippen LogP contribution < -0.4 is 38.2 Å². The molecule has 8 N–H and O–H groups in total. The second kappa shape index (κ2) is 27.7. The number of likely N-dealkylation sites (N-methyl/N-ethyl adjacent to an activating group) is 4. The molecule has 10 atom stereocenters. The van der Waals surface area contributed by atoms with E-state index in [2.05, 4.69) is 21.3 Å². The van der Waals surface area contributed by atoms with E-state index in [4.69, 9.17) is 30.3 Å². The molecule has 0 spiro atoms. The maximum absolute atomic E-state index is 15.2. The first-order chi connectivity index (χ1) is 42.5. The normalized spacial score (nSPS) is 26.1. The molecule has 0 bridgehead atoms. The third-order valence-corrected chi connectivity index (χ3v) is 17.6. The third kappa shape index (κ3) is 13.9. The Morgan fingerprint density at radius 3 is 1.41 bits per heavy atom. The predicted molar refractivity (Wildman–Crippen MR) is 330 cm³/mol. The molecule has 29 heteroatoms. The molecule has 91 heavy (non-hydrogen) atoms. The molecule has 5 aliphatic heterocycles. The van der Waals surface area contributed by atoms with Crippen LogP contribution in [0.2, 0.25) is 0 Å². The Hall–Kier alpha value is -8.92. The number of esters is 2. The fourth-order valence-electron chi connectivity index (χ4n) is 12.5. The number of aryl methyl sites for hydroxylation is 1. The summed E-state index contributed by atoms with van der Waals surface area (Å²) in [5, 5.41) is 10.6. The van der Waals surface area contributed by atoms with Crippen molar-refractivity contribution in [3.05, 3.63) is 38.5 Å². The fraction of sp³-hybridized carbons (Fsp3) is 0.613.